The van der Waals surface area contributed by atoms with Crippen LogP contribution in [0.25, 0.3) is 0 Å². The van der Waals surface area contributed by atoms with Crippen LogP contribution in [-0.4, -0.2) is 47.3 Å². The number of benzene rings is 2. The van der Waals surface area contributed by atoms with E-state index in [0.717, 1.165) is 38.3 Å². The van der Waals surface area contributed by atoms with Crippen LogP contribution in [0.4, 0.5) is 0 Å². The predicted octanol–water partition coefficient (Wildman–Crippen LogP) is 3.82. The number of hydrogen-bond acceptors (Lipinski definition) is 4. The van der Waals surface area contributed by atoms with E-state index in [1.165, 1.54) is 49.0 Å². The lowest BCUT2D eigenvalue weighted by atomic mass is 10.1. The molecule has 4 heteroatoms. The summed E-state index contributed by atoms with van der Waals surface area (Å²) >= 11 is 0. The molecule has 1 N–H and O–H groups in total. The first-order chi connectivity index (χ1) is 13.8. The molecule has 0 radical (unpaired) electrons. The zero-order chi connectivity index (χ0) is 19.2. The van der Waals surface area contributed by atoms with E-state index in [9.17, 15) is 5.11 Å². The summed E-state index contributed by atoms with van der Waals surface area (Å²) in [6, 6.07) is 16.9. The quantitative estimate of drug-likeness (QED) is 0.755. The third kappa shape index (κ3) is 5.34. The van der Waals surface area contributed by atoms with Crippen molar-refractivity contribution < 1.29 is 9.84 Å². The number of likely N-dealkylation sites (tertiary alicyclic amines) is 1. The molecule has 2 heterocycles. The molecular formula is C24H32N2O2. The van der Waals surface area contributed by atoms with Gasteiger partial charge in [0.15, 0.2) is 0 Å². The molecule has 0 saturated carbocycles. The monoisotopic (exact) mass is 380 g/mol. The summed E-state index contributed by atoms with van der Waals surface area (Å²) in [5, 5.41) is 10.4. The highest BCUT2D eigenvalue weighted by Gasteiger charge is 2.19. The van der Waals surface area contributed by atoms with Crippen molar-refractivity contribution in [3.63, 3.8) is 0 Å². The smallest absolute Gasteiger partial charge is 0.119 e. The van der Waals surface area contributed by atoms with Gasteiger partial charge in [-0.1, -0.05) is 42.8 Å². The Morgan fingerprint density at radius 2 is 1.64 bits per heavy atom. The Balaban J connectivity index is 1.19. The fourth-order valence-corrected chi connectivity index (χ4v) is 4.28. The molecule has 0 bridgehead atoms. The minimum absolute atomic E-state index is 0.355. The van der Waals surface area contributed by atoms with Gasteiger partial charge in [-0.05, 0) is 61.2 Å². The van der Waals surface area contributed by atoms with Crippen molar-refractivity contribution in [1.82, 2.24) is 9.80 Å². The zero-order valence-electron chi connectivity index (χ0n) is 16.7. The molecule has 1 atom stereocenters. The molecule has 150 valence electrons. The number of hydrogen-bond donors (Lipinski definition) is 1. The van der Waals surface area contributed by atoms with Crippen LogP contribution >= 0.6 is 0 Å². The van der Waals surface area contributed by atoms with Gasteiger partial charge >= 0.3 is 0 Å². The first-order valence-electron chi connectivity index (χ1n) is 10.7. The fraction of sp³-hybridized carbons (Fsp3) is 0.500. The van der Waals surface area contributed by atoms with Gasteiger partial charge in [0.25, 0.3) is 0 Å². The molecule has 2 aromatic rings. The molecule has 2 aliphatic rings. The lowest BCUT2D eigenvalue weighted by molar-refractivity contribution is 0.0871. The highest BCUT2D eigenvalue weighted by molar-refractivity contribution is 5.30. The van der Waals surface area contributed by atoms with E-state index in [-0.39, 0.29) is 0 Å². The van der Waals surface area contributed by atoms with E-state index in [2.05, 4.69) is 52.3 Å². The van der Waals surface area contributed by atoms with E-state index in [1.807, 2.05) is 6.07 Å². The van der Waals surface area contributed by atoms with Crippen LogP contribution in [0.1, 0.15) is 42.4 Å². The van der Waals surface area contributed by atoms with Gasteiger partial charge in [-0.3, -0.25) is 9.80 Å². The number of rotatable bonds is 8. The maximum absolute atomic E-state index is 10.4. The van der Waals surface area contributed by atoms with E-state index in [1.54, 1.807) is 0 Å². The van der Waals surface area contributed by atoms with E-state index in [0.29, 0.717) is 6.61 Å². The first kappa shape index (κ1) is 19.4. The van der Waals surface area contributed by atoms with Crippen LogP contribution in [0.3, 0.4) is 0 Å². The molecule has 0 aromatic heterocycles. The van der Waals surface area contributed by atoms with Crippen molar-refractivity contribution in [3.05, 3.63) is 65.2 Å². The summed E-state index contributed by atoms with van der Waals surface area (Å²) in [6.45, 7) is 6.62. The van der Waals surface area contributed by atoms with E-state index < -0.39 is 6.10 Å². The molecule has 0 amide bonds. The van der Waals surface area contributed by atoms with Gasteiger partial charge in [0.2, 0.25) is 0 Å². The average Bonchev–Trinajstić information content (AvgIpc) is 3.15. The highest BCUT2D eigenvalue weighted by Crippen LogP contribution is 2.22. The summed E-state index contributed by atoms with van der Waals surface area (Å²) < 4.78 is 5.89. The Kier molecular flexibility index (Phi) is 6.63. The maximum atomic E-state index is 10.4. The fourth-order valence-electron chi connectivity index (χ4n) is 4.28. The third-order valence-corrected chi connectivity index (χ3v) is 5.88. The number of nitrogens with zero attached hydrogens (tertiary/aromatic N) is 2. The molecule has 4 nitrogen and oxygen atoms in total. The average molecular weight is 381 g/mol. The van der Waals surface area contributed by atoms with Crippen molar-refractivity contribution >= 4 is 0 Å². The number of fused-ring (bicyclic) bond motifs is 1. The highest BCUT2D eigenvalue weighted by atomic mass is 16.5. The number of ether oxygens (including phenoxy) is 1. The molecule has 1 unspecified atom stereocenters. The van der Waals surface area contributed by atoms with Crippen LogP contribution < -0.4 is 4.74 Å². The van der Waals surface area contributed by atoms with Gasteiger partial charge in [0, 0.05) is 26.2 Å². The van der Waals surface area contributed by atoms with Gasteiger partial charge in [-0.25, -0.2) is 0 Å². The molecule has 4 rings (SSSR count). The van der Waals surface area contributed by atoms with Crippen LogP contribution in [-0.2, 0) is 19.6 Å². The Morgan fingerprint density at radius 1 is 0.893 bits per heavy atom. The molecular weight excluding hydrogens is 348 g/mol. The van der Waals surface area contributed by atoms with Crippen molar-refractivity contribution in [2.24, 2.45) is 0 Å². The molecule has 1 saturated heterocycles. The first-order valence-corrected chi connectivity index (χ1v) is 10.7. The minimum atomic E-state index is -0.436. The normalized spacial score (nSPS) is 18.8. The third-order valence-electron chi connectivity index (χ3n) is 5.88. The molecule has 2 aromatic carbocycles. The second-order valence-corrected chi connectivity index (χ2v) is 8.22. The van der Waals surface area contributed by atoms with Crippen LogP contribution in [0.2, 0.25) is 0 Å². The summed E-state index contributed by atoms with van der Waals surface area (Å²) in [5.41, 5.74) is 4.13. The van der Waals surface area contributed by atoms with Crippen molar-refractivity contribution in [2.45, 2.75) is 51.4 Å². The predicted molar refractivity (Wildman–Crippen MR) is 112 cm³/mol. The largest absolute Gasteiger partial charge is 0.491 e. The number of aliphatic hydroxyl groups excluding tert-OH is 1. The van der Waals surface area contributed by atoms with Gasteiger partial charge in [-0.15, -0.1) is 0 Å². The summed E-state index contributed by atoms with van der Waals surface area (Å²) in [4.78, 5) is 4.92. The Morgan fingerprint density at radius 3 is 2.39 bits per heavy atom. The van der Waals surface area contributed by atoms with E-state index >= 15 is 0 Å². The number of aliphatic hydroxyl groups is 1. The number of piperidine rings is 1. The lowest BCUT2D eigenvalue weighted by Gasteiger charge is -2.26. The van der Waals surface area contributed by atoms with Gasteiger partial charge in [-0.2, -0.15) is 0 Å². The second kappa shape index (κ2) is 9.55. The van der Waals surface area contributed by atoms with Crippen LogP contribution in [0.15, 0.2) is 48.5 Å². The molecule has 0 spiro atoms. The van der Waals surface area contributed by atoms with Crippen molar-refractivity contribution in [3.8, 4) is 5.75 Å². The van der Waals surface area contributed by atoms with Gasteiger partial charge < -0.3 is 9.84 Å². The molecule has 0 aliphatic carbocycles. The lowest BCUT2D eigenvalue weighted by Crippen LogP contribution is -2.29. The molecule has 2 aliphatic heterocycles. The summed E-state index contributed by atoms with van der Waals surface area (Å²) in [6.07, 6.45) is 4.28. The Hall–Kier alpha value is -1.88. The molecule has 28 heavy (non-hydrogen) atoms. The molecule has 1 fully saturated rings. The van der Waals surface area contributed by atoms with Crippen molar-refractivity contribution in [1.29, 1.82) is 0 Å². The Bertz CT molecular complexity index is 733. The minimum Gasteiger partial charge on any atom is -0.491 e. The standard InChI is InChI=1S/C24H32N2O2/c27-23(11-14-26-17-21-8-2-3-9-22(21)18-26)19-28-24-10-6-7-20(15-24)16-25-12-4-1-5-13-25/h2-3,6-10,15,23,27H,1,4-5,11-14,16-19H2. The van der Waals surface area contributed by atoms with Crippen LogP contribution in [0, 0.1) is 0 Å². The van der Waals surface area contributed by atoms with Gasteiger partial charge in [0.1, 0.15) is 12.4 Å². The van der Waals surface area contributed by atoms with Crippen molar-refractivity contribution in [2.75, 3.05) is 26.2 Å². The SMILES string of the molecule is OC(CCN1Cc2ccccc2C1)COc1cccc(CN2CCCCC2)c1. The zero-order valence-corrected chi connectivity index (χ0v) is 16.7. The second-order valence-electron chi connectivity index (χ2n) is 8.22. The Labute approximate surface area is 168 Å². The van der Waals surface area contributed by atoms with Gasteiger partial charge in [0.05, 0.1) is 6.10 Å². The van der Waals surface area contributed by atoms with Crippen LogP contribution in [0.5, 0.6) is 5.75 Å². The summed E-state index contributed by atoms with van der Waals surface area (Å²) in [7, 11) is 0. The topological polar surface area (TPSA) is 35.9 Å². The van der Waals surface area contributed by atoms with E-state index in [4.69, 9.17) is 4.74 Å². The summed E-state index contributed by atoms with van der Waals surface area (Å²) in [5.74, 6) is 0.863. The maximum Gasteiger partial charge on any atom is 0.119 e.